The highest BCUT2D eigenvalue weighted by Crippen LogP contribution is 2.39. The molecule has 1 aliphatic rings. The molecule has 1 amide bonds. The number of nitrogens with one attached hydrogen (secondary N) is 2. The second-order valence-electron chi connectivity index (χ2n) is 9.98. The van der Waals surface area contributed by atoms with Crippen LogP contribution in [0.1, 0.15) is 67.7 Å². The van der Waals surface area contributed by atoms with Gasteiger partial charge in [0.1, 0.15) is 0 Å². The maximum Gasteiger partial charge on any atom is 0.253 e. The van der Waals surface area contributed by atoms with E-state index in [9.17, 15) is 9.59 Å². The number of likely N-dealkylation sites (N-methyl/N-ethyl adjacent to an activating group) is 1. The minimum Gasteiger partial charge on any atom is -0.358 e. The first-order chi connectivity index (χ1) is 16.2. The summed E-state index contributed by atoms with van der Waals surface area (Å²) in [5.74, 6) is 0.936. The Morgan fingerprint density at radius 2 is 1.88 bits per heavy atom. The number of hydrogen-bond donors (Lipinski definition) is 2. The average molecular weight is 463 g/mol. The number of nitrogens with zero attached hydrogens (tertiary/aromatic N) is 2. The number of benzene rings is 1. The summed E-state index contributed by atoms with van der Waals surface area (Å²) >= 11 is 0. The SMILES string of the molecule is CCn1cc(-c2[nH]c3ccc(C4CCN(CC(=O)NC)CC4)cc3c2C(C)C)c(C)c(C)c1=O. The zero-order valence-electron chi connectivity index (χ0n) is 21.4. The van der Waals surface area contributed by atoms with Crippen LogP contribution < -0.4 is 10.9 Å². The number of amides is 1. The molecule has 0 radical (unpaired) electrons. The fourth-order valence-electron chi connectivity index (χ4n) is 5.38. The molecular formula is C28H38N4O2. The van der Waals surface area contributed by atoms with Crippen molar-refractivity contribution in [2.24, 2.45) is 0 Å². The third-order valence-corrected chi connectivity index (χ3v) is 7.59. The van der Waals surface area contributed by atoms with E-state index in [-0.39, 0.29) is 11.5 Å². The van der Waals surface area contributed by atoms with Gasteiger partial charge in [-0.15, -0.1) is 0 Å². The van der Waals surface area contributed by atoms with Gasteiger partial charge in [-0.3, -0.25) is 14.5 Å². The van der Waals surface area contributed by atoms with E-state index in [0.29, 0.717) is 24.9 Å². The van der Waals surface area contributed by atoms with E-state index in [1.165, 1.54) is 16.5 Å². The number of aryl methyl sites for hydroxylation is 1. The molecule has 1 fully saturated rings. The van der Waals surface area contributed by atoms with Crippen molar-refractivity contribution in [3.63, 3.8) is 0 Å². The summed E-state index contributed by atoms with van der Waals surface area (Å²) in [6, 6.07) is 6.85. The van der Waals surface area contributed by atoms with E-state index in [1.807, 2.05) is 24.6 Å². The number of fused-ring (bicyclic) bond motifs is 1. The third kappa shape index (κ3) is 4.43. The lowest BCUT2D eigenvalue weighted by atomic mass is 9.87. The molecule has 2 aromatic heterocycles. The van der Waals surface area contributed by atoms with Crippen LogP contribution in [0.4, 0.5) is 0 Å². The Hall–Kier alpha value is -2.86. The zero-order valence-corrected chi connectivity index (χ0v) is 21.4. The van der Waals surface area contributed by atoms with Crippen molar-refractivity contribution in [2.45, 2.75) is 65.8 Å². The molecule has 0 saturated carbocycles. The van der Waals surface area contributed by atoms with Crippen molar-refractivity contribution in [3.05, 3.63) is 57.0 Å². The topological polar surface area (TPSA) is 70.1 Å². The number of rotatable bonds is 6. The van der Waals surface area contributed by atoms with Gasteiger partial charge in [0.2, 0.25) is 5.91 Å². The van der Waals surface area contributed by atoms with Crippen molar-refractivity contribution < 1.29 is 4.79 Å². The highest BCUT2D eigenvalue weighted by Gasteiger charge is 2.24. The summed E-state index contributed by atoms with van der Waals surface area (Å²) in [6.07, 6.45) is 4.15. The molecule has 0 bridgehead atoms. The fourth-order valence-corrected chi connectivity index (χ4v) is 5.38. The summed E-state index contributed by atoms with van der Waals surface area (Å²) in [5.41, 5.74) is 8.04. The third-order valence-electron chi connectivity index (χ3n) is 7.59. The van der Waals surface area contributed by atoms with Crippen molar-refractivity contribution in [1.82, 2.24) is 19.8 Å². The molecular weight excluding hydrogens is 424 g/mol. The quantitative estimate of drug-likeness (QED) is 0.559. The first kappa shape index (κ1) is 24.3. The minimum absolute atomic E-state index is 0.0845. The van der Waals surface area contributed by atoms with Crippen molar-refractivity contribution >= 4 is 16.8 Å². The molecule has 1 saturated heterocycles. The number of likely N-dealkylation sites (tertiary alicyclic amines) is 1. The van der Waals surface area contributed by atoms with Crippen LogP contribution >= 0.6 is 0 Å². The van der Waals surface area contributed by atoms with Crippen LogP contribution in [0.25, 0.3) is 22.2 Å². The molecule has 2 N–H and O–H groups in total. The Kier molecular flexibility index (Phi) is 6.99. The molecule has 0 unspecified atom stereocenters. The van der Waals surface area contributed by atoms with Gasteiger partial charge in [-0.05, 0) is 87.4 Å². The summed E-state index contributed by atoms with van der Waals surface area (Å²) in [4.78, 5) is 30.3. The van der Waals surface area contributed by atoms with Crippen LogP contribution in [-0.4, -0.2) is 47.0 Å². The lowest BCUT2D eigenvalue weighted by Gasteiger charge is -2.31. The van der Waals surface area contributed by atoms with Crippen LogP contribution in [-0.2, 0) is 11.3 Å². The van der Waals surface area contributed by atoms with Gasteiger partial charge in [0, 0.05) is 41.8 Å². The Bertz CT molecular complexity index is 1260. The van der Waals surface area contributed by atoms with E-state index < -0.39 is 0 Å². The number of carbonyl (C=O) groups excluding carboxylic acids is 1. The Labute approximate surface area is 202 Å². The second-order valence-corrected chi connectivity index (χ2v) is 9.98. The van der Waals surface area contributed by atoms with Crippen molar-refractivity contribution in [2.75, 3.05) is 26.7 Å². The molecule has 1 aliphatic heterocycles. The van der Waals surface area contributed by atoms with Gasteiger partial charge in [0.15, 0.2) is 0 Å². The van der Waals surface area contributed by atoms with E-state index >= 15 is 0 Å². The number of pyridine rings is 1. The summed E-state index contributed by atoms with van der Waals surface area (Å²) in [5, 5.41) is 4.00. The Morgan fingerprint density at radius 1 is 1.18 bits per heavy atom. The standard InChI is InChI=1S/C28H38N4O2/c1-7-32-15-23(18(4)19(5)28(32)34)27-26(17(2)3)22-14-21(8-9-24(22)30-27)20-10-12-31(13-11-20)16-25(33)29-6/h8-9,14-15,17,20,30H,7,10-13,16H2,1-6H3,(H,29,33). The average Bonchev–Trinajstić information content (AvgIpc) is 3.22. The normalized spacial score (nSPS) is 15.4. The van der Waals surface area contributed by atoms with Gasteiger partial charge in [0.05, 0.1) is 12.2 Å². The number of carbonyl (C=O) groups is 1. The summed E-state index contributed by atoms with van der Waals surface area (Å²) in [7, 11) is 1.70. The highest BCUT2D eigenvalue weighted by atomic mass is 16.2. The number of aromatic amines is 1. The predicted molar refractivity (Wildman–Crippen MR) is 140 cm³/mol. The largest absolute Gasteiger partial charge is 0.358 e. The molecule has 3 aromatic rings. The maximum atomic E-state index is 12.6. The second kappa shape index (κ2) is 9.79. The predicted octanol–water partition coefficient (Wildman–Crippen LogP) is 4.68. The Balaban J connectivity index is 1.72. The van der Waals surface area contributed by atoms with E-state index in [2.05, 4.69) is 54.2 Å². The zero-order chi connectivity index (χ0) is 24.6. The van der Waals surface area contributed by atoms with E-state index in [1.54, 1.807) is 7.05 Å². The van der Waals surface area contributed by atoms with Crippen molar-refractivity contribution in [3.8, 4) is 11.3 Å². The molecule has 6 nitrogen and oxygen atoms in total. The van der Waals surface area contributed by atoms with Gasteiger partial charge >= 0.3 is 0 Å². The van der Waals surface area contributed by atoms with Crippen LogP contribution in [0.5, 0.6) is 0 Å². The summed E-state index contributed by atoms with van der Waals surface area (Å²) < 4.78 is 1.81. The Morgan fingerprint density at radius 3 is 2.50 bits per heavy atom. The van der Waals surface area contributed by atoms with Gasteiger partial charge in [0.25, 0.3) is 5.56 Å². The fraction of sp³-hybridized carbons (Fsp3) is 0.500. The molecule has 0 atom stereocenters. The first-order valence-corrected chi connectivity index (χ1v) is 12.5. The first-order valence-electron chi connectivity index (χ1n) is 12.5. The van der Waals surface area contributed by atoms with Gasteiger partial charge < -0.3 is 14.9 Å². The van der Waals surface area contributed by atoms with Gasteiger partial charge in [-0.25, -0.2) is 0 Å². The maximum absolute atomic E-state index is 12.6. The highest BCUT2D eigenvalue weighted by molar-refractivity contribution is 5.92. The molecule has 3 heterocycles. The number of aromatic nitrogens is 2. The molecule has 6 heteroatoms. The molecule has 1 aromatic carbocycles. The smallest absolute Gasteiger partial charge is 0.253 e. The number of piperidine rings is 1. The van der Waals surface area contributed by atoms with E-state index in [0.717, 1.165) is 53.8 Å². The molecule has 182 valence electrons. The lowest BCUT2D eigenvalue weighted by Crippen LogP contribution is -2.40. The lowest BCUT2D eigenvalue weighted by molar-refractivity contribution is -0.122. The monoisotopic (exact) mass is 462 g/mol. The van der Waals surface area contributed by atoms with Crippen LogP contribution in [0.3, 0.4) is 0 Å². The molecule has 0 spiro atoms. The van der Waals surface area contributed by atoms with Crippen molar-refractivity contribution in [1.29, 1.82) is 0 Å². The summed E-state index contributed by atoms with van der Waals surface area (Å²) in [6.45, 7) is 13.5. The minimum atomic E-state index is 0.0845. The molecule has 4 rings (SSSR count). The van der Waals surface area contributed by atoms with Crippen LogP contribution in [0, 0.1) is 13.8 Å². The molecule has 34 heavy (non-hydrogen) atoms. The number of hydrogen-bond acceptors (Lipinski definition) is 3. The number of H-pyrrole nitrogens is 1. The van der Waals surface area contributed by atoms with E-state index in [4.69, 9.17) is 0 Å². The van der Waals surface area contributed by atoms with Crippen LogP contribution in [0.2, 0.25) is 0 Å². The van der Waals surface area contributed by atoms with Gasteiger partial charge in [-0.2, -0.15) is 0 Å². The molecule has 0 aliphatic carbocycles. The van der Waals surface area contributed by atoms with Gasteiger partial charge in [-0.1, -0.05) is 19.9 Å². The van der Waals surface area contributed by atoms with Crippen LogP contribution in [0.15, 0.2) is 29.2 Å².